The fourth-order valence-electron chi connectivity index (χ4n) is 5.07. The van der Waals surface area contributed by atoms with E-state index in [1.165, 1.54) is 36.7 Å². The summed E-state index contributed by atoms with van der Waals surface area (Å²) < 4.78 is 27.0. The molecular formula is C27H28F2N6O3. The molecule has 9 nitrogen and oxygen atoms in total. The van der Waals surface area contributed by atoms with Crippen molar-refractivity contribution >= 4 is 23.1 Å². The van der Waals surface area contributed by atoms with Crippen molar-refractivity contribution in [2.75, 3.05) is 49.1 Å². The summed E-state index contributed by atoms with van der Waals surface area (Å²) >= 11 is 0. The minimum absolute atomic E-state index is 0.0774. The number of nitro groups is 1. The first-order valence-corrected chi connectivity index (χ1v) is 12.7. The Kier molecular flexibility index (Phi) is 7.54. The number of rotatable bonds is 7. The maximum absolute atomic E-state index is 13.7. The third kappa shape index (κ3) is 5.47. The number of nitro benzene ring substituents is 1. The van der Waals surface area contributed by atoms with E-state index in [0.29, 0.717) is 56.3 Å². The van der Waals surface area contributed by atoms with Gasteiger partial charge in [0.25, 0.3) is 11.6 Å². The second-order valence-electron chi connectivity index (χ2n) is 9.52. The van der Waals surface area contributed by atoms with Crippen LogP contribution in [-0.4, -0.2) is 65.0 Å². The highest BCUT2D eigenvalue weighted by atomic mass is 19.2. The maximum atomic E-state index is 13.7. The molecule has 1 aliphatic carbocycles. The number of non-ortho nitro benzene ring substituents is 1. The quantitative estimate of drug-likeness (QED) is 0.342. The van der Waals surface area contributed by atoms with Crippen molar-refractivity contribution in [3.05, 3.63) is 87.4 Å². The molecule has 11 heteroatoms. The van der Waals surface area contributed by atoms with Gasteiger partial charge in [0.1, 0.15) is 12.1 Å². The van der Waals surface area contributed by atoms with E-state index >= 15 is 0 Å². The van der Waals surface area contributed by atoms with Crippen LogP contribution < -0.4 is 9.80 Å². The lowest BCUT2D eigenvalue weighted by molar-refractivity contribution is -0.384. The Morgan fingerprint density at radius 3 is 2.42 bits per heavy atom. The van der Waals surface area contributed by atoms with Gasteiger partial charge in [-0.2, -0.15) is 0 Å². The molecule has 2 heterocycles. The van der Waals surface area contributed by atoms with Crippen molar-refractivity contribution in [3.63, 3.8) is 0 Å². The highest BCUT2D eigenvalue weighted by molar-refractivity contribution is 6.06. The summed E-state index contributed by atoms with van der Waals surface area (Å²) in [5.74, 6) is -1.40. The number of carbonyl (C=O) groups excluding carboxylic acids is 1. The summed E-state index contributed by atoms with van der Waals surface area (Å²) in [6.07, 6.45) is 5.18. The SMILES string of the molecule is O=C(c1ccc([N+](=O)[O-])cc1)N(CCN1CCN(c2ccc(F)c(F)c2)CC1)c1ncnc2c1CCCC2. The van der Waals surface area contributed by atoms with Crippen LogP contribution >= 0.6 is 0 Å². The summed E-state index contributed by atoms with van der Waals surface area (Å²) in [6.45, 7) is 3.64. The molecule has 3 aromatic rings. The first-order chi connectivity index (χ1) is 18.4. The van der Waals surface area contributed by atoms with Gasteiger partial charge in [0.05, 0.1) is 4.92 Å². The zero-order valence-corrected chi connectivity index (χ0v) is 20.9. The predicted molar refractivity (Wildman–Crippen MR) is 138 cm³/mol. The van der Waals surface area contributed by atoms with E-state index in [2.05, 4.69) is 14.9 Å². The summed E-state index contributed by atoms with van der Waals surface area (Å²) in [5.41, 5.74) is 2.86. The predicted octanol–water partition coefficient (Wildman–Crippen LogP) is 4.01. The molecule has 0 unspecified atom stereocenters. The second-order valence-corrected chi connectivity index (χ2v) is 9.52. The Balaban J connectivity index is 1.32. The summed E-state index contributed by atoms with van der Waals surface area (Å²) in [4.78, 5) is 39.1. The molecule has 1 amide bonds. The molecule has 0 N–H and O–H groups in total. The number of fused-ring (bicyclic) bond motifs is 1. The van der Waals surface area contributed by atoms with Gasteiger partial charge >= 0.3 is 0 Å². The number of hydrogen-bond acceptors (Lipinski definition) is 7. The summed E-state index contributed by atoms with van der Waals surface area (Å²) in [7, 11) is 0. The summed E-state index contributed by atoms with van der Waals surface area (Å²) in [5, 5.41) is 11.1. The second kappa shape index (κ2) is 11.2. The lowest BCUT2D eigenvalue weighted by Gasteiger charge is -2.37. The van der Waals surface area contributed by atoms with Crippen molar-refractivity contribution in [1.82, 2.24) is 14.9 Å². The number of aromatic nitrogens is 2. The highest BCUT2D eigenvalue weighted by Gasteiger charge is 2.27. The number of amides is 1. The van der Waals surface area contributed by atoms with Gasteiger partial charge in [0.15, 0.2) is 11.6 Å². The number of aryl methyl sites for hydroxylation is 1. The highest BCUT2D eigenvalue weighted by Crippen LogP contribution is 2.28. The molecule has 0 saturated carbocycles. The number of piperazine rings is 1. The van der Waals surface area contributed by atoms with Gasteiger partial charge in [-0.15, -0.1) is 0 Å². The first-order valence-electron chi connectivity index (χ1n) is 12.7. The minimum Gasteiger partial charge on any atom is -0.369 e. The van der Waals surface area contributed by atoms with Crippen molar-refractivity contribution in [2.45, 2.75) is 25.7 Å². The molecule has 2 aliphatic rings. The molecule has 38 heavy (non-hydrogen) atoms. The topological polar surface area (TPSA) is 95.7 Å². The normalized spacial score (nSPS) is 15.7. The first kappa shape index (κ1) is 25.7. The number of hydrogen-bond donors (Lipinski definition) is 0. The Labute approximate surface area is 218 Å². The van der Waals surface area contributed by atoms with Crippen molar-refractivity contribution < 1.29 is 18.5 Å². The Bertz CT molecular complexity index is 1330. The third-order valence-electron chi connectivity index (χ3n) is 7.21. The number of halogens is 2. The average Bonchev–Trinajstić information content (AvgIpc) is 2.95. The van der Waals surface area contributed by atoms with Crippen LogP contribution in [-0.2, 0) is 12.8 Å². The molecule has 0 atom stereocenters. The Morgan fingerprint density at radius 2 is 1.71 bits per heavy atom. The fraction of sp³-hybridized carbons (Fsp3) is 0.370. The number of benzene rings is 2. The van der Waals surface area contributed by atoms with Gasteiger partial charge in [-0.25, -0.2) is 18.7 Å². The number of anilines is 2. The van der Waals surface area contributed by atoms with Crippen LogP contribution in [0.2, 0.25) is 0 Å². The zero-order valence-electron chi connectivity index (χ0n) is 20.9. The van der Waals surface area contributed by atoms with Crippen LogP contribution in [0.25, 0.3) is 0 Å². The van der Waals surface area contributed by atoms with Crippen LogP contribution in [0.5, 0.6) is 0 Å². The van der Waals surface area contributed by atoms with Crippen molar-refractivity contribution in [2.24, 2.45) is 0 Å². The molecule has 1 saturated heterocycles. The minimum atomic E-state index is -0.864. The van der Waals surface area contributed by atoms with Crippen LogP contribution in [0.4, 0.5) is 26.0 Å². The molecule has 2 aromatic carbocycles. The zero-order chi connectivity index (χ0) is 26.6. The molecule has 5 rings (SSSR count). The Morgan fingerprint density at radius 1 is 0.974 bits per heavy atom. The lowest BCUT2D eigenvalue weighted by atomic mass is 9.96. The summed E-state index contributed by atoms with van der Waals surface area (Å²) in [6, 6.07) is 9.55. The largest absolute Gasteiger partial charge is 0.369 e. The van der Waals surface area contributed by atoms with E-state index in [1.54, 1.807) is 11.0 Å². The number of nitrogens with zero attached hydrogens (tertiary/aromatic N) is 6. The van der Waals surface area contributed by atoms with Crippen LogP contribution in [0.1, 0.15) is 34.5 Å². The standard InChI is InChI=1S/C27H28F2N6O3/c28-23-10-9-21(17-24(23)29)33-14-11-32(12-15-33)13-16-34(26-22-3-1-2-4-25(22)30-18-31-26)27(36)19-5-7-20(8-6-19)35(37)38/h5-10,17-18H,1-4,11-16H2. The molecule has 1 aliphatic heterocycles. The fourth-order valence-corrected chi connectivity index (χ4v) is 5.07. The molecular weight excluding hydrogens is 494 g/mol. The van der Waals surface area contributed by atoms with Crippen molar-refractivity contribution in [1.29, 1.82) is 0 Å². The number of carbonyl (C=O) groups is 1. The van der Waals surface area contributed by atoms with E-state index in [1.807, 2.05) is 4.90 Å². The smallest absolute Gasteiger partial charge is 0.269 e. The molecule has 0 bridgehead atoms. The van der Waals surface area contributed by atoms with E-state index in [0.717, 1.165) is 43.0 Å². The van der Waals surface area contributed by atoms with Gasteiger partial charge in [0.2, 0.25) is 0 Å². The molecule has 1 aromatic heterocycles. The Hall–Kier alpha value is -3.99. The van der Waals surface area contributed by atoms with Gasteiger partial charge in [-0.1, -0.05) is 0 Å². The van der Waals surface area contributed by atoms with E-state index < -0.39 is 16.6 Å². The lowest BCUT2D eigenvalue weighted by Crippen LogP contribution is -2.49. The third-order valence-corrected chi connectivity index (χ3v) is 7.21. The van der Waals surface area contributed by atoms with Gasteiger partial charge in [-0.05, 0) is 49.9 Å². The van der Waals surface area contributed by atoms with E-state index in [-0.39, 0.29) is 11.6 Å². The van der Waals surface area contributed by atoms with Gasteiger partial charge in [0, 0.05) is 80.0 Å². The monoisotopic (exact) mass is 522 g/mol. The van der Waals surface area contributed by atoms with E-state index in [4.69, 9.17) is 0 Å². The maximum Gasteiger partial charge on any atom is 0.269 e. The molecule has 0 radical (unpaired) electrons. The van der Waals surface area contributed by atoms with Gasteiger partial charge in [-0.3, -0.25) is 24.7 Å². The van der Waals surface area contributed by atoms with Crippen molar-refractivity contribution in [3.8, 4) is 0 Å². The molecule has 198 valence electrons. The van der Waals surface area contributed by atoms with Crippen LogP contribution in [0.3, 0.4) is 0 Å². The van der Waals surface area contributed by atoms with E-state index in [9.17, 15) is 23.7 Å². The van der Waals surface area contributed by atoms with Crippen LogP contribution in [0, 0.1) is 21.7 Å². The average molecular weight is 523 g/mol. The van der Waals surface area contributed by atoms with Gasteiger partial charge < -0.3 is 4.90 Å². The van der Waals surface area contributed by atoms with Crippen LogP contribution in [0.15, 0.2) is 48.8 Å². The molecule has 1 fully saturated rings. The molecule has 0 spiro atoms.